The van der Waals surface area contributed by atoms with Crippen LogP contribution in [0.3, 0.4) is 0 Å². The first kappa shape index (κ1) is 23.1. The number of hydrogen-bond acceptors (Lipinski definition) is 6. The lowest BCUT2D eigenvalue weighted by Crippen LogP contribution is -2.28. The van der Waals surface area contributed by atoms with Gasteiger partial charge >= 0.3 is 11.9 Å². The lowest BCUT2D eigenvalue weighted by atomic mass is 9.82. The molecule has 2 N–H and O–H groups in total. The number of unbranched alkanes of at least 4 members (excludes halogenated alkanes) is 1. The van der Waals surface area contributed by atoms with E-state index in [1.165, 1.54) is 26.4 Å². The van der Waals surface area contributed by atoms with E-state index in [9.17, 15) is 9.59 Å². The summed E-state index contributed by atoms with van der Waals surface area (Å²) in [7, 11) is 2.52. The van der Waals surface area contributed by atoms with Gasteiger partial charge < -0.3 is 19.7 Å². The smallest absolute Gasteiger partial charge is 0.338 e. The molecule has 0 spiro atoms. The van der Waals surface area contributed by atoms with Crippen LogP contribution in [0.25, 0.3) is 0 Å². The molecule has 0 amide bonds. The number of benzene rings is 1. The van der Waals surface area contributed by atoms with Crippen LogP contribution in [0, 0.1) is 5.41 Å². The van der Waals surface area contributed by atoms with Gasteiger partial charge in [0, 0.05) is 5.41 Å². The van der Waals surface area contributed by atoms with Gasteiger partial charge in [-0.1, -0.05) is 38.8 Å². The van der Waals surface area contributed by atoms with Crippen molar-refractivity contribution in [2.45, 2.75) is 39.5 Å². The van der Waals surface area contributed by atoms with Crippen molar-refractivity contribution >= 4 is 11.9 Å². The van der Waals surface area contributed by atoms with Gasteiger partial charge in [-0.3, -0.25) is 0 Å². The lowest BCUT2D eigenvalue weighted by molar-refractivity contribution is 0.0420. The summed E-state index contributed by atoms with van der Waals surface area (Å²) in [6, 6.07) is 6.33. The van der Waals surface area contributed by atoms with E-state index < -0.39 is 11.9 Å². The van der Waals surface area contributed by atoms with Crippen molar-refractivity contribution in [2.24, 2.45) is 5.41 Å². The molecule has 0 saturated heterocycles. The third kappa shape index (κ3) is 7.23. The van der Waals surface area contributed by atoms with Crippen molar-refractivity contribution in [2.75, 3.05) is 27.4 Å². The van der Waals surface area contributed by atoms with E-state index in [2.05, 4.69) is 16.4 Å². The molecule has 0 bridgehead atoms. The van der Waals surface area contributed by atoms with Crippen molar-refractivity contribution in [3.05, 3.63) is 35.4 Å². The summed E-state index contributed by atoms with van der Waals surface area (Å²) in [5.74, 6) is -1.10. The Morgan fingerprint density at radius 3 is 1.68 bits per heavy atom. The number of aliphatic hydroxyl groups is 2. The molecule has 0 aliphatic carbocycles. The number of rotatable bonds is 8. The number of carbonyl (C=O) groups is 2. The summed E-state index contributed by atoms with van der Waals surface area (Å²) in [5.41, 5.74) is 0.208. The SMILES string of the molecule is CCCCC(CC)(CO)CO.COC(=O)c1ccccc1C(=O)OC. The first-order valence-electron chi connectivity index (χ1n) is 8.42. The molecule has 0 aliphatic rings. The van der Waals surface area contributed by atoms with E-state index in [4.69, 9.17) is 10.2 Å². The Bertz CT molecular complexity index is 479. The number of hydrogen-bond donors (Lipinski definition) is 2. The predicted octanol–water partition coefficient (Wildman–Crippen LogP) is 2.82. The van der Waals surface area contributed by atoms with Crippen LogP contribution in [-0.2, 0) is 9.47 Å². The molecule has 0 heterocycles. The maximum Gasteiger partial charge on any atom is 0.338 e. The standard InChI is InChI=1S/C10H10O4.C9H20O2/c1-13-9(11)7-5-3-4-6-8(7)10(12)14-2;1-3-5-6-9(4-2,7-10)8-11/h3-6H,1-2H3;10-11H,3-8H2,1-2H3. The second-order valence-electron chi connectivity index (χ2n) is 5.80. The Balaban J connectivity index is 0.000000477. The zero-order valence-corrected chi connectivity index (χ0v) is 15.6. The molecule has 0 saturated carbocycles. The number of methoxy groups -OCH3 is 2. The zero-order chi connectivity index (χ0) is 19.3. The Morgan fingerprint density at radius 1 is 0.960 bits per heavy atom. The van der Waals surface area contributed by atoms with E-state index in [1.54, 1.807) is 12.1 Å². The Hall–Kier alpha value is -1.92. The minimum Gasteiger partial charge on any atom is -0.465 e. The maximum absolute atomic E-state index is 11.2. The highest BCUT2D eigenvalue weighted by atomic mass is 16.5. The average molecular weight is 354 g/mol. The largest absolute Gasteiger partial charge is 0.465 e. The van der Waals surface area contributed by atoms with Crippen LogP contribution < -0.4 is 0 Å². The minimum absolute atomic E-state index is 0.111. The van der Waals surface area contributed by atoms with Gasteiger partial charge in [0.1, 0.15) is 0 Å². The fourth-order valence-corrected chi connectivity index (χ4v) is 2.22. The van der Waals surface area contributed by atoms with E-state index in [0.29, 0.717) is 0 Å². The highest BCUT2D eigenvalue weighted by molar-refractivity contribution is 6.02. The molecule has 0 aliphatic heterocycles. The van der Waals surface area contributed by atoms with Crippen LogP contribution in [0.1, 0.15) is 60.2 Å². The van der Waals surface area contributed by atoms with Crippen LogP contribution in [0.5, 0.6) is 0 Å². The lowest BCUT2D eigenvalue weighted by Gasteiger charge is -2.27. The van der Waals surface area contributed by atoms with Gasteiger partial charge in [-0.05, 0) is 25.0 Å². The molecular formula is C19H30O6. The van der Waals surface area contributed by atoms with Crippen LogP contribution in [0.4, 0.5) is 0 Å². The number of carbonyl (C=O) groups excluding carboxylic acids is 2. The average Bonchev–Trinajstić information content (AvgIpc) is 2.68. The summed E-state index contributed by atoms with van der Waals surface area (Å²) >= 11 is 0. The van der Waals surface area contributed by atoms with Gasteiger partial charge in [-0.25, -0.2) is 9.59 Å². The van der Waals surface area contributed by atoms with Crippen molar-refractivity contribution in [3.8, 4) is 0 Å². The van der Waals surface area contributed by atoms with E-state index in [1.807, 2.05) is 6.92 Å². The maximum atomic E-state index is 11.2. The Morgan fingerprint density at radius 2 is 1.40 bits per heavy atom. The van der Waals surface area contributed by atoms with Gasteiger partial charge in [0.2, 0.25) is 0 Å². The highest BCUT2D eigenvalue weighted by Gasteiger charge is 2.25. The molecule has 0 radical (unpaired) electrons. The summed E-state index contributed by atoms with van der Waals surface area (Å²) in [4.78, 5) is 22.4. The van der Waals surface area contributed by atoms with Crippen molar-refractivity contribution < 1.29 is 29.3 Å². The summed E-state index contributed by atoms with van der Waals surface area (Å²) in [5, 5.41) is 18.1. The molecule has 0 unspecified atom stereocenters. The molecular weight excluding hydrogens is 324 g/mol. The monoisotopic (exact) mass is 354 g/mol. The third-order valence-electron chi connectivity index (χ3n) is 4.22. The summed E-state index contributed by atoms with van der Waals surface area (Å²) in [6.07, 6.45) is 4.02. The number of ether oxygens (including phenoxy) is 2. The van der Waals surface area contributed by atoms with Crippen molar-refractivity contribution in [1.82, 2.24) is 0 Å². The number of esters is 2. The second kappa shape index (κ2) is 12.4. The van der Waals surface area contributed by atoms with Gasteiger partial charge in [0.15, 0.2) is 0 Å². The number of aliphatic hydroxyl groups excluding tert-OH is 2. The van der Waals surface area contributed by atoms with Gasteiger partial charge in [0.25, 0.3) is 0 Å². The highest BCUT2D eigenvalue weighted by Crippen LogP contribution is 2.27. The van der Waals surface area contributed by atoms with Crippen molar-refractivity contribution in [3.63, 3.8) is 0 Å². The molecule has 0 atom stereocenters. The third-order valence-corrected chi connectivity index (χ3v) is 4.22. The van der Waals surface area contributed by atoms with Gasteiger partial charge in [-0.15, -0.1) is 0 Å². The molecule has 6 heteroatoms. The topological polar surface area (TPSA) is 93.1 Å². The first-order chi connectivity index (χ1) is 11.9. The fourth-order valence-electron chi connectivity index (χ4n) is 2.22. The minimum atomic E-state index is -0.550. The van der Waals surface area contributed by atoms with Crippen LogP contribution >= 0.6 is 0 Å². The Labute approximate surface area is 149 Å². The van der Waals surface area contributed by atoms with Crippen LogP contribution in [0.15, 0.2) is 24.3 Å². The second-order valence-corrected chi connectivity index (χ2v) is 5.80. The van der Waals surface area contributed by atoms with Gasteiger partial charge in [-0.2, -0.15) is 0 Å². The molecule has 0 aromatic heterocycles. The molecule has 1 rings (SSSR count). The fraction of sp³-hybridized carbons (Fsp3) is 0.579. The van der Waals surface area contributed by atoms with Crippen LogP contribution in [0.2, 0.25) is 0 Å². The molecule has 25 heavy (non-hydrogen) atoms. The first-order valence-corrected chi connectivity index (χ1v) is 8.42. The van der Waals surface area contributed by atoms with E-state index >= 15 is 0 Å². The normalized spacial score (nSPS) is 10.5. The molecule has 6 nitrogen and oxygen atoms in total. The van der Waals surface area contributed by atoms with E-state index in [-0.39, 0.29) is 29.8 Å². The predicted molar refractivity (Wildman–Crippen MR) is 95.5 cm³/mol. The van der Waals surface area contributed by atoms with Crippen LogP contribution in [-0.4, -0.2) is 49.6 Å². The molecule has 0 fully saturated rings. The Kier molecular flexibility index (Phi) is 11.5. The molecule has 142 valence electrons. The van der Waals surface area contributed by atoms with Crippen molar-refractivity contribution in [1.29, 1.82) is 0 Å². The zero-order valence-electron chi connectivity index (χ0n) is 15.6. The molecule has 1 aromatic carbocycles. The summed E-state index contributed by atoms with van der Waals surface area (Å²) < 4.78 is 9.05. The van der Waals surface area contributed by atoms with Gasteiger partial charge in [0.05, 0.1) is 38.6 Å². The molecule has 1 aromatic rings. The quantitative estimate of drug-likeness (QED) is 0.697. The summed E-state index contributed by atoms with van der Waals surface area (Å²) in [6.45, 7) is 4.36. The van der Waals surface area contributed by atoms with E-state index in [0.717, 1.165) is 25.7 Å².